The van der Waals surface area contributed by atoms with Crippen LogP contribution in [0, 0.1) is 0 Å². The fraction of sp³-hybridized carbons (Fsp3) is 0.700. The van der Waals surface area contributed by atoms with Gasteiger partial charge in [0.15, 0.2) is 0 Å². The molecule has 0 heterocycles. The fourth-order valence-electron chi connectivity index (χ4n) is 1.17. The van der Waals surface area contributed by atoms with Gasteiger partial charge >= 0.3 is 18.0 Å². The Kier molecular flexibility index (Phi) is 6.69. The number of rotatable bonds is 6. The minimum Gasteiger partial charge on any atom is -0.481 e. The lowest BCUT2D eigenvalue weighted by Crippen LogP contribution is -2.48. The summed E-state index contributed by atoms with van der Waals surface area (Å²) in [7, 11) is 1.22. The van der Waals surface area contributed by atoms with E-state index in [0.717, 1.165) is 0 Å². The molecular formula is C10H18N2O5. The van der Waals surface area contributed by atoms with E-state index < -0.39 is 30.1 Å². The van der Waals surface area contributed by atoms with Crippen LogP contribution < -0.4 is 10.6 Å². The van der Waals surface area contributed by atoms with E-state index >= 15 is 0 Å². The maximum Gasteiger partial charge on any atom is 0.328 e. The molecular weight excluding hydrogens is 228 g/mol. The number of methoxy groups -OCH3 is 1. The molecule has 0 saturated heterocycles. The van der Waals surface area contributed by atoms with Gasteiger partial charge in [0.05, 0.1) is 13.5 Å². The largest absolute Gasteiger partial charge is 0.481 e. The van der Waals surface area contributed by atoms with Crippen LogP contribution in [-0.4, -0.2) is 42.3 Å². The lowest BCUT2D eigenvalue weighted by atomic mass is 10.1. The topological polar surface area (TPSA) is 105 Å². The first-order chi connectivity index (χ1) is 7.90. The van der Waals surface area contributed by atoms with E-state index in [2.05, 4.69) is 15.4 Å². The van der Waals surface area contributed by atoms with Crippen molar-refractivity contribution in [2.24, 2.45) is 0 Å². The van der Waals surface area contributed by atoms with Crippen LogP contribution in [0.2, 0.25) is 0 Å². The molecule has 0 aliphatic heterocycles. The summed E-state index contributed by atoms with van der Waals surface area (Å²) in [5.74, 6) is -1.55. The summed E-state index contributed by atoms with van der Waals surface area (Å²) < 4.78 is 4.43. The van der Waals surface area contributed by atoms with E-state index in [9.17, 15) is 14.4 Å². The number of aliphatic carboxylic acids is 1. The van der Waals surface area contributed by atoms with Crippen molar-refractivity contribution in [2.75, 3.05) is 7.11 Å². The molecule has 0 aromatic heterocycles. The molecule has 0 aliphatic rings. The van der Waals surface area contributed by atoms with Crippen LogP contribution in [0.3, 0.4) is 0 Å². The maximum absolute atomic E-state index is 11.4. The third-order valence-electron chi connectivity index (χ3n) is 2.15. The Morgan fingerprint density at radius 1 is 1.29 bits per heavy atom. The molecule has 0 aromatic rings. The second-order valence-electron chi connectivity index (χ2n) is 3.57. The Bertz CT molecular complexity index is 292. The van der Waals surface area contributed by atoms with Gasteiger partial charge in [0.2, 0.25) is 0 Å². The van der Waals surface area contributed by atoms with Gasteiger partial charge in [0, 0.05) is 6.04 Å². The smallest absolute Gasteiger partial charge is 0.328 e. The molecule has 0 aliphatic carbocycles. The Labute approximate surface area is 99.5 Å². The average Bonchev–Trinajstić information content (AvgIpc) is 2.25. The summed E-state index contributed by atoms with van der Waals surface area (Å²) in [4.78, 5) is 32.9. The average molecular weight is 246 g/mol. The fourth-order valence-corrected chi connectivity index (χ4v) is 1.17. The molecule has 0 radical (unpaired) electrons. The number of carbonyl (C=O) groups excluding carboxylic acids is 2. The summed E-state index contributed by atoms with van der Waals surface area (Å²) in [5.41, 5.74) is 0. The lowest BCUT2D eigenvalue weighted by Gasteiger charge is -2.17. The second kappa shape index (κ2) is 7.48. The molecule has 2 unspecified atom stereocenters. The van der Waals surface area contributed by atoms with Gasteiger partial charge in [-0.05, 0) is 13.3 Å². The van der Waals surface area contributed by atoms with Gasteiger partial charge in [-0.15, -0.1) is 0 Å². The van der Waals surface area contributed by atoms with Crippen molar-refractivity contribution in [3.63, 3.8) is 0 Å². The molecule has 3 N–H and O–H groups in total. The molecule has 0 saturated carbocycles. The van der Waals surface area contributed by atoms with Crippen molar-refractivity contribution in [1.82, 2.24) is 10.6 Å². The van der Waals surface area contributed by atoms with Crippen molar-refractivity contribution < 1.29 is 24.2 Å². The second-order valence-corrected chi connectivity index (χ2v) is 3.57. The molecule has 0 fully saturated rings. The number of amides is 2. The molecule has 2 amide bonds. The number of carboxylic acid groups (broad SMARTS) is 1. The number of hydrogen-bond acceptors (Lipinski definition) is 4. The van der Waals surface area contributed by atoms with Crippen LogP contribution in [0.25, 0.3) is 0 Å². The van der Waals surface area contributed by atoms with E-state index in [4.69, 9.17) is 5.11 Å². The minimum absolute atomic E-state index is 0.156. The normalized spacial score (nSPS) is 13.4. The Hall–Kier alpha value is -1.79. The van der Waals surface area contributed by atoms with Crippen LogP contribution >= 0.6 is 0 Å². The Morgan fingerprint density at radius 3 is 2.29 bits per heavy atom. The van der Waals surface area contributed by atoms with Gasteiger partial charge < -0.3 is 20.5 Å². The highest BCUT2D eigenvalue weighted by Gasteiger charge is 2.18. The number of ether oxygens (including phenoxy) is 1. The summed E-state index contributed by atoms with van der Waals surface area (Å²) in [6.45, 7) is 3.24. The monoisotopic (exact) mass is 246 g/mol. The zero-order valence-corrected chi connectivity index (χ0v) is 10.1. The van der Waals surface area contributed by atoms with Crippen molar-refractivity contribution in [1.29, 1.82) is 0 Å². The molecule has 2 atom stereocenters. The van der Waals surface area contributed by atoms with Gasteiger partial charge in [0.25, 0.3) is 0 Å². The van der Waals surface area contributed by atoms with Crippen LogP contribution in [0.5, 0.6) is 0 Å². The molecule has 0 aromatic carbocycles. The predicted octanol–water partition coefficient (Wildman–Crippen LogP) is 0.100. The van der Waals surface area contributed by atoms with E-state index in [1.165, 1.54) is 14.0 Å². The molecule has 0 bridgehead atoms. The van der Waals surface area contributed by atoms with Crippen molar-refractivity contribution in [3.8, 4) is 0 Å². The lowest BCUT2D eigenvalue weighted by molar-refractivity contribution is -0.142. The van der Waals surface area contributed by atoms with E-state index in [1.807, 2.05) is 0 Å². The Balaban J connectivity index is 4.15. The first kappa shape index (κ1) is 15.2. The third-order valence-corrected chi connectivity index (χ3v) is 2.15. The van der Waals surface area contributed by atoms with Gasteiger partial charge in [0.1, 0.15) is 6.04 Å². The summed E-state index contributed by atoms with van der Waals surface area (Å²) >= 11 is 0. The summed E-state index contributed by atoms with van der Waals surface area (Å²) in [6.07, 6.45) is 0.336. The molecule has 7 nitrogen and oxygen atoms in total. The highest BCUT2D eigenvalue weighted by molar-refractivity contribution is 5.83. The first-order valence-electron chi connectivity index (χ1n) is 5.27. The standard InChI is InChI=1S/C10H18N2O5/c1-4-7(5-8(13)14)12-10(16)11-6(2)9(15)17-3/h6-7H,4-5H2,1-3H3,(H,13,14)(H2,11,12,16). The first-order valence-corrected chi connectivity index (χ1v) is 5.27. The third kappa shape index (κ3) is 6.39. The highest BCUT2D eigenvalue weighted by atomic mass is 16.5. The maximum atomic E-state index is 11.4. The number of urea groups is 1. The summed E-state index contributed by atoms with van der Waals surface area (Å²) in [5, 5.41) is 13.4. The van der Waals surface area contributed by atoms with E-state index in [1.54, 1.807) is 6.92 Å². The van der Waals surface area contributed by atoms with Gasteiger partial charge in [-0.1, -0.05) is 6.92 Å². The van der Waals surface area contributed by atoms with Gasteiger partial charge in [-0.25, -0.2) is 9.59 Å². The van der Waals surface area contributed by atoms with Crippen LogP contribution in [0.4, 0.5) is 4.79 Å². The Morgan fingerprint density at radius 2 is 1.88 bits per heavy atom. The molecule has 0 spiro atoms. The van der Waals surface area contributed by atoms with Crippen molar-refractivity contribution in [2.45, 2.75) is 38.8 Å². The molecule has 17 heavy (non-hydrogen) atoms. The number of esters is 1. The van der Waals surface area contributed by atoms with E-state index in [0.29, 0.717) is 6.42 Å². The predicted molar refractivity (Wildman–Crippen MR) is 59.5 cm³/mol. The highest BCUT2D eigenvalue weighted by Crippen LogP contribution is 1.97. The number of carboxylic acids is 1. The van der Waals surface area contributed by atoms with Gasteiger partial charge in [-0.3, -0.25) is 4.79 Å². The van der Waals surface area contributed by atoms with Crippen molar-refractivity contribution >= 4 is 18.0 Å². The van der Waals surface area contributed by atoms with Crippen LogP contribution in [0.15, 0.2) is 0 Å². The van der Waals surface area contributed by atoms with Crippen molar-refractivity contribution in [3.05, 3.63) is 0 Å². The molecule has 98 valence electrons. The van der Waals surface area contributed by atoms with E-state index in [-0.39, 0.29) is 6.42 Å². The number of nitrogens with one attached hydrogen (secondary N) is 2. The van der Waals surface area contributed by atoms with Gasteiger partial charge in [-0.2, -0.15) is 0 Å². The van der Waals surface area contributed by atoms with Crippen LogP contribution in [0.1, 0.15) is 26.7 Å². The quantitative estimate of drug-likeness (QED) is 0.576. The van der Waals surface area contributed by atoms with Crippen LogP contribution in [-0.2, 0) is 14.3 Å². The number of hydrogen-bond donors (Lipinski definition) is 3. The molecule has 0 rings (SSSR count). The molecule has 7 heteroatoms. The zero-order chi connectivity index (χ0) is 13.4. The summed E-state index contributed by atoms with van der Waals surface area (Å²) in [6, 6.07) is -1.82. The zero-order valence-electron chi connectivity index (χ0n) is 10.1. The SMILES string of the molecule is CCC(CC(=O)O)NC(=O)NC(C)C(=O)OC. The number of carbonyl (C=O) groups is 3. The minimum atomic E-state index is -0.988.